The molecule has 4 bridgehead atoms. The van der Waals surface area contributed by atoms with Crippen molar-refractivity contribution in [3.63, 3.8) is 0 Å². The van der Waals surface area contributed by atoms with E-state index < -0.39 is 0 Å². The lowest BCUT2D eigenvalue weighted by molar-refractivity contribution is -0.0419. The molecule has 3 heteroatoms. The fourth-order valence-corrected chi connectivity index (χ4v) is 12.0. The summed E-state index contributed by atoms with van der Waals surface area (Å²) in [6.45, 7) is 4.73. The zero-order valence-electron chi connectivity index (χ0n) is 27.5. The zero-order chi connectivity index (χ0) is 31.0. The topological polar surface area (TPSA) is 6.48 Å². The van der Waals surface area contributed by atoms with Crippen LogP contribution < -0.4 is 26.2 Å². The summed E-state index contributed by atoms with van der Waals surface area (Å²) in [6, 6.07) is 40.8. The molecule has 7 aliphatic rings. The molecular weight excluding hydrogens is 567 g/mol. The molecule has 3 aliphatic heterocycles. The van der Waals surface area contributed by atoms with E-state index in [4.69, 9.17) is 0 Å². The highest BCUT2D eigenvalue weighted by Crippen LogP contribution is 2.69. The van der Waals surface area contributed by atoms with Crippen molar-refractivity contribution in [3.05, 3.63) is 125 Å². The van der Waals surface area contributed by atoms with Crippen LogP contribution in [0.2, 0.25) is 0 Å². The maximum Gasteiger partial charge on any atom is 0.252 e. The number of benzene rings is 5. The molecule has 5 aromatic rings. The maximum absolute atomic E-state index is 2.70. The Morgan fingerprint density at radius 2 is 1.21 bits per heavy atom. The van der Waals surface area contributed by atoms with E-state index in [9.17, 15) is 0 Å². The fraction of sp³-hybridized carbons (Fsp3) is 0.318. The third-order valence-electron chi connectivity index (χ3n) is 13.6. The Morgan fingerprint density at radius 1 is 0.574 bits per heavy atom. The lowest BCUT2D eigenvalue weighted by Crippen LogP contribution is -2.64. The van der Waals surface area contributed by atoms with Gasteiger partial charge in [-0.1, -0.05) is 80.6 Å². The van der Waals surface area contributed by atoms with E-state index in [0.717, 1.165) is 36.5 Å². The summed E-state index contributed by atoms with van der Waals surface area (Å²) in [4.78, 5) is 5.27. The van der Waals surface area contributed by atoms with Gasteiger partial charge in [-0.05, 0) is 144 Å². The first kappa shape index (κ1) is 26.8. The van der Waals surface area contributed by atoms with E-state index in [2.05, 4.69) is 127 Å². The second-order valence-electron chi connectivity index (χ2n) is 15.5. The Balaban J connectivity index is 1.21. The summed E-state index contributed by atoms with van der Waals surface area (Å²) in [5.41, 5.74) is 18.7. The first-order valence-electron chi connectivity index (χ1n) is 18.4. The number of anilines is 6. The van der Waals surface area contributed by atoms with Crippen LogP contribution in [-0.4, -0.2) is 6.71 Å². The molecule has 0 saturated heterocycles. The van der Waals surface area contributed by atoms with Gasteiger partial charge in [-0.25, -0.2) is 0 Å². The number of rotatable bonds is 3. The quantitative estimate of drug-likeness (QED) is 0.185. The maximum atomic E-state index is 2.70. The standard InChI is InChI=1S/C44H41BN2/c1-3-27-15-18-33(19-16-27)46-39-13-8-14-40-42(39)45(36-20-17-28(4-2)26-41(36)46)37-11-7-10-35-43(37)47(40)38-12-6-5-9-34(38)44(35)31-22-29-21-30(24-31)25-32(44)23-29/h5-20,26,29-32H,3-4,21-25H2,1-2H3. The summed E-state index contributed by atoms with van der Waals surface area (Å²) >= 11 is 0. The SMILES string of the molecule is CCc1ccc(N2c3cc(CC)ccc3B3c4cccc5c4N(c4ccccc4C54C5CC6CC(C5)CC4C6)c4cccc2c43)cc1. The van der Waals surface area contributed by atoms with Crippen molar-refractivity contribution in [1.29, 1.82) is 0 Å². The minimum atomic E-state index is 0.123. The molecule has 4 fully saturated rings. The van der Waals surface area contributed by atoms with Gasteiger partial charge in [-0.15, -0.1) is 0 Å². The van der Waals surface area contributed by atoms with Gasteiger partial charge in [0, 0.05) is 33.9 Å². The highest BCUT2D eigenvalue weighted by Gasteiger charge is 2.62. The zero-order valence-corrected chi connectivity index (χ0v) is 27.5. The number of aryl methyl sites for hydroxylation is 2. The molecule has 4 aliphatic carbocycles. The van der Waals surface area contributed by atoms with Gasteiger partial charge in [-0.2, -0.15) is 0 Å². The minimum Gasteiger partial charge on any atom is -0.311 e. The molecule has 4 saturated carbocycles. The monoisotopic (exact) mass is 608 g/mol. The molecule has 230 valence electrons. The molecule has 5 aromatic carbocycles. The Morgan fingerprint density at radius 3 is 1.96 bits per heavy atom. The van der Waals surface area contributed by atoms with Gasteiger partial charge >= 0.3 is 0 Å². The van der Waals surface area contributed by atoms with Crippen LogP contribution in [0.5, 0.6) is 0 Å². The van der Waals surface area contributed by atoms with Crippen molar-refractivity contribution >= 4 is 57.2 Å². The predicted molar refractivity (Wildman–Crippen MR) is 197 cm³/mol. The van der Waals surface area contributed by atoms with Crippen molar-refractivity contribution in [2.24, 2.45) is 23.7 Å². The lowest BCUT2D eigenvalue weighted by atomic mass is 9.32. The van der Waals surface area contributed by atoms with Crippen LogP contribution in [-0.2, 0) is 18.3 Å². The van der Waals surface area contributed by atoms with Gasteiger partial charge in [0.2, 0.25) is 0 Å². The summed E-state index contributed by atoms with van der Waals surface area (Å²) in [7, 11) is 0. The van der Waals surface area contributed by atoms with Crippen molar-refractivity contribution < 1.29 is 0 Å². The summed E-state index contributed by atoms with van der Waals surface area (Å²) in [5.74, 6) is 3.36. The predicted octanol–water partition coefficient (Wildman–Crippen LogP) is 8.95. The third-order valence-corrected chi connectivity index (χ3v) is 13.6. The van der Waals surface area contributed by atoms with E-state index in [0.29, 0.717) is 0 Å². The van der Waals surface area contributed by atoms with E-state index in [1.54, 1.807) is 11.1 Å². The number of para-hydroxylation sites is 2. The first-order valence-corrected chi connectivity index (χ1v) is 18.4. The van der Waals surface area contributed by atoms with Crippen molar-refractivity contribution in [2.45, 2.75) is 64.2 Å². The molecule has 0 amide bonds. The first-order chi connectivity index (χ1) is 23.2. The Hall–Kier alpha value is -4.24. The number of hydrogen-bond acceptors (Lipinski definition) is 2. The second kappa shape index (κ2) is 9.44. The van der Waals surface area contributed by atoms with Gasteiger partial charge in [0.25, 0.3) is 6.71 Å². The highest BCUT2D eigenvalue weighted by atomic mass is 15.2. The number of nitrogens with zero attached hydrogens (tertiary/aromatic N) is 2. The van der Waals surface area contributed by atoms with Crippen LogP contribution in [0, 0.1) is 23.7 Å². The summed E-state index contributed by atoms with van der Waals surface area (Å²) in [6.07, 6.45) is 9.19. The van der Waals surface area contributed by atoms with Gasteiger partial charge in [0.05, 0.1) is 5.69 Å². The van der Waals surface area contributed by atoms with Crippen molar-refractivity contribution in [3.8, 4) is 0 Å². The van der Waals surface area contributed by atoms with Gasteiger partial charge in [0.15, 0.2) is 0 Å². The average molecular weight is 609 g/mol. The summed E-state index contributed by atoms with van der Waals surface area (Å²) in [5, 5.41) is 0. The Kier molecular flexibility index (Phi) is 5.38. The fourth-order valence-electron chi connectivity index (χ4n) is 12.0. The smallest absolute Gasteiger partial charge is 0.252 e. The lowest BCUT2D eigenvalue weighted by Gasteiger charge is -2.64. The van der Waals surface area contributed by atoms with Gasteiger partial charge < -0.3 is 9.80 Å². The van der Waals surface area contributed by atoms with Crippen LogP contribution in [0.3, 0.4) is 0 Å². The molecule has 0 N–H and O–H groups in total. The van der Waals surface area contributed by atoms with Crippen LogP contribution in [0.25, 0.3) is 0 Å². The Labute approximate surface area is 279 Å². The molecule has 0 atom stereocenters. The molecule has 0 unspecified atom stereocenters. The molecule has 0 radical (unpaired) electrons. The van der Waals surface area contributed by atoms with E-state index in [1.165, 1.54) is 93.7 Å². The largest absolute Gasteiger partial charge is 0.311 e. The second-order valence-corrected chi connectivity index (χ2v) is 15.5. The Bertz CT molecular complexity index is 2080. The van der Waals surface area contributed by atoms with E-state index >= 15 is 0 Å². The van der Waals surface area contributed by atoms with Crippen LogP contribution >= 0.6 is 0 Å². The minimum absolute atomic E-state index is 0.123. The summed E-state index contributed by atoms with van der Waals surface area (Å²) < 4.78 is 0. The van der Waals surface area contributed by atoms with Crippen molar-refractivity contribution in [2.75, 3.05) is 9.80 Å². The molecule has 0 aromatic heterocycles. The number of hydrogen-bond donors (Lipinski definition) is 0. The molecule has 1 spiro atoms. The van der Waals surface area contributed by atoms with E-state index in [-0.39, 0.29) is 12.1 Å². The molecule has 2 nitrogen and oxygen atoms in total. The molecule has 47 heavy (non-hydrogen) atoms. The van der Waals surface area contributed by atoms with Crippen LogP contribution in [0.15, 0.2) is 103 Å². The van der Waals surface area contributed by atoms with Crippen LogP contribution in [0.1, 0.15) is 68.2 Å². The van der Waals surface area contributed by atoms with Gasteiger partial charge in [0.1, 0.15) is 0 Å². The third kappa shape index (κ3) is 3.29. The van der Waals surface area contributed by atoms with Crippen LogP contribution in [0.4, 0.5) is 34.1 Å². The molecule has 3 heterocycles. The molecular formula is C44H41BN2. The van der Waals surface area contributed by atoms with Gasteiger partial charge in [-0.3, -0.25) is 0 Å². The number of fused-ring (bicyclic) bond motifs is 6. The molecule has 12 rings (SSSR count). The highest BCUT2D eigenvalue weighted by molar-refractivity contribution is 7.00. The average Bonchev–Trinajstić information content (AvgIpc) is 3.11. The van der Waals surface area contributed by atoms with Crippen molar-refractivity contribution in [1.82, 2.24) is 0 Å². The van der Waals surface area contributed by atoms with E-state index in [1.807, 2.05) is 0 Å². The normalized spacial score (nSPS) is 26.6.